The number of carbonyl (C=O) groups excluding carboxylic acids is 2. The van der Waals surface area contributed by atoms with Crippen LogP contribution in [0.15, 0.2) is 85.1 Å². The smallest absolute Gasteiger partial charge is 0.306 e. The van der Waals surface area contributed by atoms with Crippen molar-refractivity contribution in [3.63, 3.8) is 0 Å². The van der Waals surface area contributed by atoms with Gasteiger partial charge >= 0.3 is 5.97 Å². The standard InChI is InChI=1S/C48H81NO5/c1-4-7-10-13-16-19-21-22-23-24-25-26-27-29-32-35-38-41-48(53)54-44(39-36-33-30-18-15-12-9-6-3)42-47(52)49-45(43-50)46(51)40-37-34-31-28-20-17-14-11-8-5-2/h7,10,12-13,15-16,19,21-27,44-46,50-51H,4-6,8-9,11,14,17-18,20,28-43H2,1-3H3,(H,49,52)/b10-7-,15-12-,16-13+,21-19+,23-22-,25-24+,27-26+. The van der Waals surface area contributed by atoms with E-state index in [1.54, 1.807) is 0 Å². The normalized spacial score (nSPS) is 14.2. The molecule has 0 aromatic rings. The van der Waals surface area contributed by atoms with E-state index < -0.39 is 18.2 Å². The summed E-state index contributed by atoms with van der Waals surface area (Å²) in [6.45, 7) is 6.21. The molecule has 0 aliphatic carbocycles. The number of amides is 1. The monoisotopic (exact) mass is 752 g/mol. The second-order valence-corrected chi connectivity index (χ2v) is 14.5. The first kappa shape index (κ1) is 51.0. The number of hydrogen-bond donors (Lipinski definition) is 3. The van der Waals surface area contributed by atoms with Crippen LogP contribution in [-0.2, 0) is 14.3 Å². The van der Waals surface area contributed by atoms with Crippen LogP contribution >= 0.6 is 0 Å². The molecule has 0 saturated heterocycles. The van der Waals surface area contributed by atoms with Crippen LogP contribution in [0.25, 0.3) is 0 Å². The SMILES string of the molecule is CC\C=C/C=C/C=C/C=C\C=C\C=C\CCCCCC(=O)OC(CCCCC/C=C\CCC)CC(=O)NC(CO)C(O)CCCCCCCCCCCC. The highest BCUT2D eigenvalue weighted by atomic mass is 16.5. The van der Waals surface area contributed by atoms with Gasteiger partial charge in [-0.05, 0) is 64.2 Å². The summed E-state index contributed by atoms with van der Waals surface area (Å²) >= 11 is 0. The second kappa shape index (κ2) is 41.2. The number of ether oxygens (including phenoxy) is 1. The molecule has 6 nitrogen and oxygen atoms in total. The molecule has 0 aromatic carbocycles. The summed E-state index contributed by atoms with van der Waals surface area (Å²) < 4.78 is 5.84. The van der Waals surface area contributed by atoms with Gasteiger partial charge in [0.1, 0.15) is 6.10 Å². The maximum absolute atomic E-state index is 13.1. The number of hydrogen-bond acceptors (Lipinski definition) is 5. The molecule has 54 heavy (non-hydrogen) atoms. The zero-order chi connectivity index (χ0) is 39.6. The van der Waals surface area contributed by atoms with E-state index in [-0.39, 0.29) is 24.9 Å². The van der Waals surface area contributed by atoms with Gasteiger partial charge in [0.2, 0.25) is 5.91 Å². The molecule has 0 rings (SSSR count). The minimum atomic E-state index is -0.800. The third kappa shape index (κ3) is 36.0. The number of nitrogens with one attached hydrogen (secondary N) is 1. The first-order valence-electron chi connectivity index (χ1n) is 21.9. The van der Waals surface area contributed by atoms with Crippen LogP contribution in [0, 0.1) is 0 Å². The Labute approximate surface area is 332 Å². The van der Waals surface area contributed by atoms with Crippen molar-refractivity contribution in [3.8, 4) is 0 Å². The Kier molecular flexibility index (Phi) is 38.9. The molecular formula is C48H81NO5. The minimum absolute atomic E-state index is 0.0428. The van der Waals surface area contributed by atoms with Crippen molar-refractivity contribution in [2.24, 2.45) is 0 Å². The predicted molar refractivity (Wildman–Crippen MR) is 231 cm³/mol. The molecule has 3 N–H and O–H groups in total. The molecule has 3 atom stereocenters. The van der Waals surface area contributed by atoms with Crippen molar-refractivity contribution in [3.05, 3.63) is 85.1 Å². The van der Waals surface area contributed by atoms with Crippen LogP contribution in [0.1, 0.15) is 181 Å². The lowest BCUT2D eigenvalue weighted by Gasteiger charge is -2.24. The molecule has 0 heterocycles. The van der Waals surface area contributed by atoms with Gasteiger partial charge in [-0.2, -0.15) is 0 Å². The second-order valence-electron chi connectivity index (χ2n) is 14.5. The summed E-state index contributed by atoms with van der Waals surface area (Å²) in [5.74, 6) is -0.556. The predicted octanol–water partition coefficient (Wildman–Crippen LogP) is 12.4. The Balaban J connectivity index is 4.63. The summed E-state index contributed by atoms with van der Waals surface area (Å²) in [5, 5.41) is 23.5. The van der Waals surface area contributed by atoms with Crippen molar-refractivity contribution in [2.45, 2.75) is 200 Å². The molecular weight excluding hydrogens is 671 g/mol. The highest BCUT2D eigenvalue weighted by molar-refractivity contribution is 5.77. The lowest BCUT2D eigenvalue weighted by atomic mass is 10.0. The zero-order valence-electron chi connectivity index (χ0n) is 34.8. The van der Waals surface area contributed by atoms with E-state index in [2.05, 4.69) is 50.4 Å². The average Bonchev–Trinajstić information content (AvgIpc) is 3.16. The van der Waals surface area contributed by atoms with Crippen LogP contribution in [0.4, 0.5) is 0 Å². The summed E-state index contributed by atoms with van der Waals surface area (Å²) in [6.07, 6.45) is 52.2. The van der Waals surface area contributed by atoms with Crippen molar-refractivity contribution >= 4 is 11.9 Å². The lowest BCUT2D eigenvalue weighted by Crippen LogP contribution is -2.46. The third-order valence-electron chi connectivity index (χ3n) is 9.35. The van der Waals surface area contributed by atoms with E-state index in [9.17, 15) is 19.8 Å². The minimum Gasteiger partial charge on any atom is -0.462 e. The fraction of sp³-hybridized carbons (Fsp3) is 0.667. The van der Waals surface area contributed by atoms with E-state index in [0.29, 0.717) is 19.3 Å². The molecule has 3 unspecified atom stereocenters. The van der Waals surface area contributed by atoms with Crippen molar-refractivity contribution in [1.82, 2.24) is 5.32 Å². The molecule has 0 aliphatic rings. The third-order valence-corrected chi connectivity index (χ3v) is 9.35. The van der Waals surface area contributed by atoms with Gasteiger partial charge in [-0.15, -0.1) is 0 Å². The molecule has 0 saturated carbocycles. The Morgan fingerprint density at radius 1 is 0.556 bits per heavy atom. The summed E-state index contributed by atoms with van der Waals surface area (Å²) in [5.41, 5.74) is 0. The Morgan fingerprint density at radius 2 is 1.06 bits per heavy atom. The molecule has 6 heteroatoms. The first-order chi connectivity index (χ1) is 26.5. The van der Waals surface area contributed by atoms with Gasteiger partial charge in [0, 0.05) is 6.42 Å². The summed E-state index contributed by atoms with van der Waals surface area (Å²) in [6, 6.07) is -0.717. The van der Waals surface area contributed by atoms with Crippen LogP contribution in [0.2, 0.25) is 0 Å². The molecule has 0 aromatic heterocycles. The molecule has 0 fully saturated rings. The fourth-order valence-electron chi connectivity index (χ4n) is 6.05. The van der Waals surface area contributed by atoms with Gasteiger partial charge in [0.15, 0.2) is 0 Å². The van der Waals surface area contributed by atoms with E-state index in [1.807, 2.05) is 60.8 Å². The van der Waals surface area contributed by atoms with Gasteiger partial charge in [-0.3, -0.25) is 9.59 Å². The molecule has 308 valence electrons. The van der Waals surface area contributed by atoms with E-state index >= 15 is 0 Å². The number of rotatable bonds is 37. The lowest BCUT2D eigenvalue weighted by molar-refractivity contribution is -0.151. The Morgan fingerprint density at radius 3 is 1.65 bits per heavy atom. The summed E-state index contributed by atoms with van der Waals surface area (Å²) in [4.78, 5) is 25.9. The fourth-order valence-corrected chi connectivity index (χ4v) is 6.05. The van der Waals surface area contributed by atoms with E-state index in [1.165, 1.54) is 44.9 Å². The van der Waals surface area contributed by atoms with E-state index in [4.69, 9.17) is 4.74 Å². The van der Waals surface area contributed by atoms with Gasteiger partial charge in [0.05, 0.1) is 25.2 Å². The number of allylic oxidation sites excluding steroid dienone is 14. The van der Waals surface area contributed by atoms with Gasteiger partial charge < -0.3 is 20.3 Å². The quantitative estimate of drug-likeness (QED) is 0.0254. The maximum atomic E-state index is 13.1. The topological polar surface area (TPSA) is 95.9 Å². The largest absolute Gasteiger partial charge is 0.462 e. The first-order valence-corrected chi connectivity index (χ1v) is 21.9. The number of esters is 1. The van der Waals surface area contributed by atoms with Gasteiger partial charge in [0.25, 0.3) is 0 Å². The molecule has 0 radical (unpaired) electrons. The summed E-state index contributed by atoms with van der Waals surface area (Å²) in [7, 11) is 0. The molecule has 0 aliphatic heterocycles. The van der Waals surface area contributed by atoms with Gasteiger partial charge in [-0.25, -0.2) is 0 Å². The van der Waals surface area contributed by atoms with Crippen LogP contribution in [0.5, 0.6) is 0 Å². The number of aliphatic hydroxyl groups is 2. The average molecular weight is 752 g/mol. The maximum Gasteiger partial charge on any atom is 0.306 e. The van der Waals surface area contributed by atoms with E-state index in [0.717, 1.165) is 89.9 Å². The molecule has 0 bridgehead atoms. The highest BCUT2D eigenvalue weighted by Crippen LogP contribution is 2.16. The van der Waals surface area contributed by atoms with Crippen molar-refractivity contribution in [2.75, 3.05) is 6.61 Å². The Bertz CT molecular complexity index is 1070. The van der Waals surface area contributed by atoms with Gasteiger partial charge in [-0.1, -0.05) is 189 Å². The number of aliphatic hydroxyl groups excluding tert-OH is 2. The van der Waals surface area contributed by atoms with Crippen molar-refractivity contribution < 1.29 is 24.5 Å². The highest BCUT2D eigenvalue weighted by Gasteiger charge is 2.24. The van der Waals surface area contributed by atoms with Crippen LogP contribution in [-0.4, -0.2) is 46.9 Å². The number of carbonyl (C=O) groups is 2. The van der Waals surface area contributed by atoms with Crippen LogP contribution < -0.4 is 5.32 Å². The molecule has 0 spiro atoms. The number of unbranched alkanes of at least 4 members (excludes halogenated alkanes) is 16. The van der Waals surface area contributed by atoms with Crippen molar-refractivity contribution in [1.29, 1.82) is 0 Å². The zero-order valence-corrected chi connectivity index (χ0v) is 34.8. The van der Waals surface area contributed by atoms with Crippen LogP contribution in [0.3, 0.4) is 0 Å². The molecule has 1 amide bonds. The Hall–Kier alpha value is -2.96.